The number of benzene rings is 6. The molecule has 0 radical (unpaired) electrons. The van der Waals surface area contributed by atoms with Crippen LogP contribution in [0.4, 0.5) is 0 Å². The van der Waals surface area contributed by atoms with Crippen molar-refractivity contribution in [2.24, 2.45) is 0 Å². The molecule has 0 amide bonds. The summed E-state index contributed by atoms with van der Waals surface area (Å²) in [5.74, 6) is -0.709. The van der Waals surface area contributed by atoms with Gasteiger partial charge in [0.15, 0.2) is 0 Å². The van der Waals surface area contributed by atoms with Crippen LogP contribution in [-0.4, -0.2) is 40.4 Å². The predicted molar refractivity (Wildman–Crippen MR) is 232 cm³/mol. The second-order valence-electron chi connectivity index (χ2n) is 12.9. The lowest BCUT2D eigenvalue weighted by Gasteiger charge is -2.09. The number of phenols is 4. The van der Waals surface area contributed by atoms with Crippen molar-refractivity contribution in [3.63, 3.8) is 0 Å². The Morgan fingerprint density at radius 2 is 0.518 bits per heavy atom. The highest BCUT2D eigenvalue weighted by molar-refractivity contribution is 6.37. The molecule has 2 heterocycles. The molecule has 8 rings (SSSR count). The molecule has 0 aliphatic rings. The zero-order valence-corrected chi connectivity index (χ0v) is 35.2. The lowest BCUT2D eigenvalue weighted by atomic mass is 9.95. The number of rotatable bonds is 0. The van der Waals surface area contributed by atoms with Gasteiger partial charge in [-0.3, -0.25) is 19.9 Å². The second-order valence-corrected chi connectivity index (χ2v) is 14.6. The molecule has 56 heavy (non-hydrogen) atoms. The number of aromatic nitrogens is 4. The van der Waals surface area contributed by atoms with E-state index in [9.17, 15) is 0 Å². The minimum atomic E-state index is -0.177. The van der Waals surface area contributed by atoms with Crippen LogP contribution >= 0.6 is 46.4 Å². The van der Waals surface area contributed by atoms with Crippen LogP contribution in [0, 0.1) is 55.4 Å². The molecule has 2 aromatic heterocycles. The van der Waals surface area contributed by atoms with Gasteiger partial charge in [-0.15, -0.1) is 0 Å². The van der Waals surface area contributed by atoms with Crippen molar-refractivity contribution >= 4 is 78.7 Å². The van der Waals surface area contributed by atoms with E-state index in [1.807, 2.05) is 55.4 Å². The van der Waals surface area contributed by atoms with Gasteiger partial charge in [-0.25, -0.2) is 0 Å². The van der Waals surface area contributed by atoms with Crippen LogP contribution in [0.1, 0.15) is 45.6 Å². The Morgan fingerprint density at radius 1 is 0.321 bits per heavy atom. The number of aryl methyl sites for hydroxylation is 8. The monoisotopic (exact) mass is 830 g/mol. The van der Waals surface area contributed by atoms with E-state index in [0.717, 1.165) is 57.7 Å². The Hall–Kier alpha value is -5.12. The third-order valence-electron chi connectivity index (χ3n) is 8.86. The van der Waals surface area contributed by atoms with Crippen LogP contribution in [0.3, 0.4) is 0 Å². The summed E-state index contributed by atoms with van der Waals surface area (Å²) in [6.45, 7) is 15.8. The van der Waals surface area contributed by atoms with Crippen molar-refractivity contribution in [2.45, 2.75) is 55.4 Å². The van der Waals surface area contributed by atoms with Gasteiger partial charge in [-0.05, 0) is 99.8 Å². The van der Waals surface area contributed by atoms with Crippen LogP contribution in [0.15, 0.2) is 84.9 Å². The first-order valence-electron chi connectivity index (χ1n) is 17.3. The number of phenolic OH excluding ortho intramolecular Hbond substituents is 4. The topological polar surface area (TPSA) is 132 Å². The third-order valence-corrected chi connectivity index (χ3v) is 10.1. The lowest BCUT2D eigenvalue weighted by Crippen LogP contribution is -1.97. The summed E-state index contributed by atoms with van der Waals surface area (Å²) in [6.07, 6.45) is 0. The number of aromatic hydroxyl groups is 4. The molecule has 12 heteroatoms. The second kappa shape index (κ2) is 19.2. The van der Waals surface area contributed by atoms with Gasteiger partial charge in [0.05, 0.1) is 65.6 Å². The van der Waals surface area contributed by atoms with Crippen LogP contribution in [-0.2, 0) is 0 Å². The molecule has 0 unspecified atom stereocenters. The van der Waals surface area contributed by atoms with E-state index in [1.165, 1.54) is 44.5 Å². The highest BCUT2D eigenvalue weighted by atomic mass is 35.5. The summed E-state index contributed by atoms with van der Waals surface area (Å²) < 4.78 is 0. The standard InChI is InChI=1S/C16H10.2C8H12N2.2C6H4Cl2O2/c1-3-11-7-9-13-5-2-6-14-10-8-12(4-1)15(11)16(13)14;2*1-5-6(2)10-8(4)7(3)9-5;2*7-3-1-4(8)6(10)2-5(3)9/h1-10H;2*1-4H3;2*1-2,9-10H. The first kappa shape index (κ1) is 43.6. The molecule has 0 atom stereocenters. The van der Waals surface area contributed by atoms with Crippen LogP contribution < -0.4 is 0 Å². The number of nitrogens with zero attached hydrogens (tertiary/aromatic N) is 4. The van der Waals surface area contributed by atoms with Gasteiger partial charge < -0.3 is 20.4 Å². The molecule has 0 aliphatic heterocycles. The van der Waals surface area contributed by atoms with Crippen molar-refractivity contribution < 1.29 is 20.4 Å². The molecule has 8 aromatic rings. The van der Waals surface area contributed by atoms with E-state index >= 15 is 0 Å². The fourth-order valence-corrected chi connectivity index (χ4v) is 6.14. The summed E-state index contributed by atoms with van der Waals surface area (Å²) in [4.78, 5) is 17.2. The Kier molecular flexibility index (Phi) is 14.9. The Morgan fingerprint density at radius 3 is 0.696 bits per heavy atom. The Labute approximate surface area is 346 Å². The average Bonchev–Trinajstić information content (AvgIpc) is 3.15. The molecule has 0 fully saturated rings. The van der Waals surface area contributed by atoms with E-state index in [1.54, 1.807) is 0 Å². The maximum Gasteiger partial charge on any atom is 0.137 e. The summed E-state index contributed by atoms with van der Waals surface area (Å²) in [6, 6.07) is 26.6. The number of halogens is 4. The Balaban J connectivity index is 0.000000159. The van der Waals surface area contributed by atoms with E-state index < -0.39 is 0 Å². The van der Waals surface area contributed by atoms with Gasteiger partial charge in [0.2, 0.25) is 0 Å². The third kappa shape index (κ3) is 11.0. The van der Waals surface area contributed by atoms with Gasteiger partial charge in [-0.1, -0.05) is 107 Å². The van der Waals surface area contributed by atoms with Crippen molar-refractivity contribution in [1.29, 1.82) is 0 Å². The van der Waals surface area contributed by atoms with E-state index in [4.69, 9.17) is 66.8 Å². The highest BCUT2D eigenvalue weighted by Gasteiger charge is 2.07. The molecule has 0 aliphatic carbocycles. The minimum absolute atomic E-state index is 0.128. The Bertz CT molecular complexity index is 2080. The maximum absolute atomic E-state index is 8.87. The minimum Gasteiger partial charge on any atom is -0.506 e. The largest absolute Gasteiger partial charge is 0.506 e. The first-order valence-corrected chi connectivity index (χ1v) is 18.8. The molecule has 0 saturated carbocycles. The molecule has 6 aromatic carbocycles. The van der Waals surface area contributed by atoms with Crippen LogP contribution in [0.5, 0.6) is 23.0 Å². The molecular weight excluding hydrogens is 790 g/mol. The van der Waals surface area contributed by atoms with Gasteiger partial charge in [0.25, 0.3) is 0 Å². The fraction of sp³-hybridized carbons (Fsp3) is 0.182. The summed E-state index contributed by atoms with van der Waals surface area (Å²) in [5.41, 5.74) is 8.25. The van der Waals surface area contributed by atoms with Crippen LogP contribution in [0.2, 0.25) is 20.1 Å². The number of hydrogen-bond acceptors (Lipinski definition) is 8. The predicted octanol–water partition coefficient (Wildman–Crippen LogP) is 12.8. The first-order chi connectivity index (χ1) is 26.4. The molecule has 0 saturated heterocycles. The van der Waals surface area contributed by atoms with Gasteiger partial charge >= 0.3 is 0 Å². The van der Waals surface area contributed by atoms with Gasteiger partial charge in [0, 0.05) is 12.1 Å². The van der Waals surface area contributed by atoms with Crippen molar-refractivity contribution in [3.05, 3.63) is 151 Å². The molecule has 4 N–H and O–H groups in total. The molecule has 0 bridgehead atoms. The lowest BCUT2D eigenvalue weighted by molar-refractivity contribution is 0.450. The average molecular weight is 833 g/mol. The molecule has 8 nitrogen and oxygen atoms in total. The summed E-state index contributed by atoms with van der Waals surface area (Å²) >= 11 is 21.8. The normalized spacial score (nSPS) is 10.4. The molecular formula is C44H42Cl4N4O4. The van der Waals surface area contributed by atoms with E-state index in [-0.39, 0.29) is 43.1 Å². The van der Waals surface area contributed by atoms with Crippen molar-refractivity contribution in [1.82, 2.24) is 19.9 Å². The van der Waals surface area contributed by atoms with Gasteiger partial charge in [0.1, 0.15) is 23.0 Å². The van der Waals surface area contributed by atoms with Crippen molar-refractivity contribution in [3.8, 4) is 23.0 Å². The zero-order valence-electron chi connectivity index (χ0n) is 32.2. The van der Waals surface area contributed by atoms with Crippen LogP contribution in [0.25, 0.3) is 32.3 Å². The summed E-state index contributed by atoms with van der Waals surface area (Å²) in [5, 5.41) is 44.1. The quantitative estimate of drug-likeness (QED) is 0.111. The molecule has 290 valence electrons. The maximum atomic E-state index is 8.87. The van der Waals surface area contributed by atoms with E-state index in [2.05, 4.69) is 80.6 Å². The zero-order chi connectivity index (χ0) is 41.4. The smallest absolute Gasteiger partial charge is 0.137 e. The van der Waals surface area contributed by atoms with Crippen molar-refractivity contribution in [2.75, 3.05) is 0 Å². The number of hydrogen-bond donors (Lipinski definition) is 4. The fourth-order valence-electron chi connectivity index (χ4n) is 5.38. The summed E-state index contributed by atoms with van der Waals surface area (Å²) in [7, 11) is 0. The molecule has 0 spiro atoms. The highest BCUT2D eigenvalue weighted by Crippen LogP contribution is 2.35. The van der Waals surface area contributed by atoms with E-state index in [0.29, 0.717) is 0 Å². The SMILES string of the molecule is Cc1nc(C)c(C)nc1C.Cc1nc(C)c(C)nc1C.Oc1cc(O)c(Cl)cc1Cl.Oc1cc(O)c(Cl)cc1Cl.c1cc2ccc3cccc4ccc(c1)c2c34. The van der Waals surface area contributed by atoms with Gasteiger partial charge in [-0.2, -0.15) is 0 Å².